The van der Waals surface area contributed by atoms with Gasteiger partial charge in [0.2, 0.25) is 0 Å². The molecule has 0 aliphatic rings. The maximum Gasteiger partial charge on any atom is 0.416 e. The standard InChI is InChI=1S/C12H15BrF3N/c1-9(7-13)17(2)8-10-3-5-11(6-4-10)12(14,15)16/h3-6,9H,7-8H2,1-2H3. The number of rotatable bonds is 4. The molecule has 1 rings (SSSR count). The third-order valence-corrected chi connectivity index (χ3v) is 3.63. The molecule has 0 saturated heterocycles. The van der Waals surface area contributed by atoms with Crippen molar-refractivity contribution in [2.24, 2.45) is 0 Å². The summed E-state index contributed by atoms with van der Waals surface area (Å²) in [6.07, 6.45) is -4.26. The summed E-state index contributed by atoms with van der Waals surface area (Å²) in [4.78, 5) is 2.08. The zero-order valence-corrected chi connectivity index (χ0v) is 11.3. The topological polar surface area (TPSA) is 3.24 Å². The minimum absolute atomic E-state index is 0.345. The van der Waals surface area contributed by atoms with Gasteiger partial charge in [-0.3, -0.25) is 4.90 Å². The molecule has 1 unspecified atom stereocenters. The molecule has 0 fully saturated rings. The molecule has 0 heterocycles. The van der Waals surface area contributed by atoms with Crippen molar-refractivity contribution in [2.75, 3.05) is 12.4 Å². The number of nitrogens with zero attached hydrogens (tertiary/aromatic N) is 1. The molecule has 0 amide bonds. The van der Waals surface area contributed by atoms with Crippen molar-refractivity contribution >= 4 is 15.9 Å². The summed E-state index contributed by atoms with van der Waals surface area (Å²) in [6, 6.07) is 5.65. The van der Waals surface area contributed by atoms with E-state index < -0.39 is 11.7 Å². The number of alkyl halides is 4. The van der Waals surface area contributed by atoms with Crippen LogP contribution in [0.4, 0.5) is 13.2 Å². The van der Waals surface area contributed by atoms with Crippen molar-refractivity contribution in [3.05, 3.63) is 35.4 Å². The lowest BCUT2D eigenvalue weighted by Gasteiger charge is -2.23. The van der Waals surface area contributed by atoms with Crippen molar-refractivity contribution in [1.29, 1.82) is 0 Å². The molecule has 0 radical (unpaired) electrons. The van der Waals surface area contributed by atoms with Crippen LogP contribution in [0.15, 0.2) is 24.3 Å². The number of halogens is 4. The molecule has 0 N–H and O–H groups in total. The van der Waals surface area contributed by atoms with Gasteiger partial charge >= 0.3 is 6.18 Å². The molecule has 0 spiro atoms. The lowest BCUT2D eigenvalue weighted by Crippen LogP contribution is -2.29. The highest BCUT2D eigenvalue weighted by atomic mass is 79.9. The van der Waals surface area contributed by atoms with Gasteiger partial charge in [-0.25, -0.2) is 0 Å². The Morgan fingerprint density at radius 1 is 1.24 bits per heavy atom. The number of benzene rings is 1. The fraction of sp³-hybridized carbons (Fsp3) is 0.500. The van der Waals surface area contributed by atoms with Gasteiger partial charge < -0.3 is 0 Å². The second-order valence-corrected chi connectivity index (χ2v) is 4.76. The quantitative estimate of drug-likeness (QED) is 0.762. The number of hydrogen-bond acceptors (Lipinski definition) is 1. The van der Waals surface area contributed by atoms with E-state index in [1.54, 1.807) is 0 Å². The summed E-state index contributed by atoms with van der Waals surface area (Å²) in [6.45, 7) is 2.70. The summed E-state index contributed by atoms with van der Waals surface area (Å²) < 4.78 is 37.0. The van der Waals surface area contributed by atoms with Crippen LogP contribution in [0.1, 0.15) is 18.1 Å². The molecule has 17 heavy (non-hydrogen) atoms. The average Bonchev–Trinajstić information content (AvgIpc) is 2.27. The minimum Gasteiger partial charge on any atom is -0.299 e. The molecule has 0 aromatic heterocycles. The first-order chi connectivity index (χ1) is 7.84. The third kappa shape index (κ3) is 4.32. The Morgan fingerprint density at radius 3 is 2.18 bits per heavy atom. The Labute approximate surface area is 108 Å². The van der Waals surface area contributed by atoms with Gasteiger partial charge in [0.25, 0.3) is 0 Å². The van der Waals surface area contributed by atoms with Gasteiger partial charge in [0.15, 0.2) is 0 Å². The van der Waals surface area contributed by atoms with Crippen molar-refractivity contribution < 1.29 is 13.2 Å². The van der Waals surface area contributed by atoms with E-state index >= 15 is 0 Å². The summed E-state index contributed by atoms with van der Waals surface area (Å²) in [5.74, 6) is 0. The van der Waals surface area contributed by atoms with E-state index in [2.05, 4.69) is 27.8 Å². The highest BCUT2D eigenvalue weighted by Gasteiger charge is 2.29. The summed E-state index contributed by atoms with van der Waals surface area (Å²) >= 11 is 3.38. The van der Waals surface area contributed by atoms with E-state index in [4.69, 9.17) is 0 Å². The molecule has 1 aromatic carbocycles. The Kier molecular flexibility index (Phi) is 5.01. The Hall–Kier alpha value is -0.550. The van der Waals surface area contributed by atoms with Crippen LogP contribution in [0.25, 0.3) is 0 Å². The predicted octanol–water partition coefficient (Wildman–Crippen LogP) is 3.92. The van der Waals surface area contributed by atoms with Gasteiger partial charge in [-0.15, -0.1) is 0 Å². The van der Waals surface area contributed by atoms with Gasteiger partial charge in [0, 0.05) is 17.9 Å². The zero-order chi connectivity index (χ0) is 13.1. The molecular weight excluding hydrogens is 295 g/mol. The Morgan fingerprint density at radius 2 is 1.76 bits per heavy atom. The van der Waals surface area contributed by atoms with E-state index in [9.17, 15) is 13.2 Å². The van der Waals surface area contributed by atoms with Crippen LogP contribution in [-0.2, 0) is 12.7 Å². The summed E-state index contributed by atoms with van der Waals surface area (Å²) in [5, 5.41) is 0.837. The van der Waals surface area contributed by atoms with Gasteiger partial charge in [-0.1, -0.05) is 28.1 Å². The fourth-order valence-corrected chi connectivity index (χ4v) is 1.86. The first kappa shape index (κ1) is 14.5. The largest absolute Gasteiger partial charge is 0.416 e. The molecule has 0 aliphatic carbocycles. The normalized spacial score (nSPS) is 14.1. The second-order valence-electron chi connectivity index (χ2n) is 4.11. The van der Waals surface area contributed by atoms with E-state index in [-0.39, 0.29) is 0 Å². The van der Waals surface area contributed by atoms with Gasteiger partial charge in [-0.05, 0) is 31.7 Å². The molecule has 96 valence electrons. The lowest BCUT2D eigenvalue weighted by atomic mass is 10.1. The van der Waals surface area contributed by atoms with Crippen LogP contribution in [0.5, 0.6) is 0 Å². The van der Waals surface area contributed by atoms with Crippen LogP contribution in [0.3, 0.4) is 0 Å². The van der Waals surface area contributed by atoms with Crippen molar-refractivity contribution in [1.82, 2.24) is 4.90 Å². The molecule has 1 aromatic rings. The molecule has 0 bridgehead atoms. The van der Waals surface area contributed by atoms with E-state index in [0.717, 1.165) is 23.0 Å². The van der Waals surface area contributed by atoms with Crippen LogP contribution < -0.4 is 0 Å². The van der Waals surface area contributed by atoms with Crippen LogP contribution in [0, 0.1) is 0 Å². The second kappa shape index (κ2) is 5.87. The lowest BCUT2D eigenvalue weighted by molar-refractivity contribution is -0.137. The molecule has 1 atom stereocenters. The predicted molar refractivity (Wildman–Crippen MR) is 66.2 cm³/mol. The molecular formula is C12H15BrF3N. The highest BCUT2D eigenvalue weighted by Crippen LogP contribution is 2.29. The monoisotopic (exact) mass is 309 g/mol. The highest BCUT2D eigenvalue weighted by molar-refractivity contribution is 9.09. The maximum absolute atomic E-state index is 12.3. The van der Waals surface area contributed by atoms with Crippen LogP contribution >= 0.6 is 15.9 Å². The molecule has 0 aliphatic heterocycles. The summed E-state index contributed by atoms with van der Waals surface area (Å²) in [5.41, 5.74) is 0.283. The van der Waals surface area contributed by atoms with Gasteiger partial charge in [0.05, 0.1) is 5.56 Å². The SMILES string of the molecule is CC(CBr)N(C)Cc1ccc(C(F)(F)F)cc1. The van der Waals surface area contributed by atoms with Gasteiger partial charge in [-0.2, -0.15) is 13.2 Å². The Bertz CT molecular complexity index is 348. The van der Waals surface area contributed by atoms with Crippen molar-refractivity contribution in [3.8, 4) is 0 Å². The van der Waals surface area contributed by atoms with E-state index in [1.165, 1.54) is 12.1 Å². The van der Waals surface area contributed by atoms with E-state index in [0.29, 0.717) is 12.6 Å². The van der Waals surface area contributed by atoms with E-state index in [1.807, 2.05) is 7.05 Å². The average molecular weight is 310 g/mol. The minimum atomic E-state index is -4.26. The molecule has 0 saturated carbocycles. The van der Waals surface area contributed by atoms with Gasteiger partial charge in [0.1, 0.15) is 0 Å². The number of hydrogen-bond donors (Lipinski definition) is 0. The zero-order valence-electron chi connectivity index (χ0n) is 9.76. The molecule has 5 heteroatoms. The first-order valence-electron chi connectivity index (χ1n) is 5.27. The van der Waals surface area contributed by atoms with Crippen LogP contribution in [-0.4, -0.2) is 23.3 Å². The summed E-state index contributed by atoms with van der Waals surface area (Å²) in [7, 11) is 1.95. The third-order valence-electron chi connectivity index (χ3n) is 2.69. The first-order valence-corrected chi connectivity index (χ1v) is 6.39. The Balaban J connectivity index is 2.69. The van der Waals surface area contributed by atoms with Crippen molar-refractivity contribution in [3.63, 3.8) is 0 Å². The maximum atomic E-state index is 12.3. The smallest absolute Gasteiger partial charge is 0.299 e. The van der Waals surface area contributed by atoms with Crippen LogP contribution in [0.2, 0.25) is 0 Å². The van der Waals surface area contributed by atoms with Crippen molar-refractivity contribution in [2.45, 2.75) is 25.7 Å². The molecule has 1 nitrogen and oxygen atoms in total. The fourth-order valence-electron chi connectivity index (χ4n) is 1.36.